The van der Waals surface area contributed by atoms with Gasteiger partial charge >= 0.3 is 0 Å². The third-order valence-corrected chi connectivity index (χ3v) is 5.21. The van der Waals surface area contributed by atoms with Gasteiger partial charge in [-0.05, 0) is 31.0 Å². The fourth-order valence-corrected chi connectivity index (χ4v) is 3.88. The summed E-state index contributed by atoms with van der Waals surface area (Å²) in [6.07, 6.45) is 9.42. The van der Waals surface area contributed by atoms with Gasteiger partial charge in [0.1, 0.15) is 4.90 Å². The van der Waals surface area contributed by atoms with Crippen LogP contribution in [-0.4, -0.2) is 41.3 Å². The molecule has 6 nitrogen and oxygen atoms in total. The topological polar surface area (TPSA) is 79.0 Å². The second-order valence-corrected chi connectivity index (χ2v) is 7.75. The predicted molar refractivity (Wildman–Crippen MR) is 82.9 cm³/mol. The van der Waals surface area contributed by atoms with Crippen LogP contribution < -0.4 is 0 Å². The van der Waals surface area contributed by atoms with Crippen molar-refractivity contribution in [1.82, 2.24) is 20.1 Å². The van der Waals surface area contributed by atoms with E-state index in [1.165, 1.54) is 12.5 Å². The number of aromatic nitrogens is 3. The number of pyridine rings is 1. The Balaban J connectivity index is 1.89. The quantitative estimate of drug-likeness (QED) is 0.931. The molecule has 0 aliphatic carbocycles. The normalized spacial score (nSPS) is 20.1. The van der Waals surface area contributed by atoms with Crippen LogP contribution >= 0.6 is 0 Å². The number of aromatic amines is 1. The predicted octanol–water partition coefficient (Wildman–Crippen LogP) is 1.94. The Morgan fingerprint density at radius 1 is 1.36 bits per heavy atom. The molecule has 7 heteroatoms. The molecule has 0 spiro atoms. The summed E-state index contributed by atoms with van der Waals surface area (Å²) in [5, 5.41) is 6.87. The largest absolute Gasteiger partial charge is 0.290 e. The summed E-state index contributed by atoms with van der Waals surface area (Å²) in [6.45, 7) is 1.71. The SMILES string of the molecule is CS(=O)(=O)c1cn[nH]c1C1CCCCN1Cc1cccnc1. The van der Waals surface area contributed by atoms with Crippen molar-refractivity contribution in [2.24, 2.45) is 0 Å². The second kappa shape index (κ2) is 6.18. The zero-order valence-electron chi connectivity index (χ0n) is 12.6. The molecule has 1 fully saturated rings. The summed E-state index contributed by atoms with van der Waals surface area (Å²) < 4.78 is 23.9. The first-order chi connectivity index (χ1) is 10.6. The fraction of sp³-hybridized carbons (Fsp3) is 0.467. The van der Waals surface area contributed by atoms with E-state index in [0.717, 1.165) is 37.9 Å². The lowest BCUT2D eigenvalue weighted by molar-refractivity contribution is 0.135. The molecule has 1 saturated heterocycles. The van der Waals surface area contributed by atoms with Crippen LogP contribution in [0.1, 0.15) is 36.6 Å². The average molecular weight is 320 g/mol. The molecule has 118 valence electrons. The molecule has 0 saturated carbocycles. The number of piperidine rings is 1. The van der Waals surface area contributed by atoms with Crippen molar-refractivity contribution in [2.45, 2.75) is 36.7 Å². The molecular formula is C15H20N4O2S. The van der Waals surface area contributed by atoms with Gasteiger partial charge in [0, 0.05) is 25.2 Å². The van der Waals surface area contributed by atoms with Crippen LogP contribution in [-0.2, 0) is 16.4 Å². The minimum atomic E-state index is -3.27. The van der Waals surface area contributed by atoms with Gasteiger partial charge in [0.2, 0.25) is 0 Å². The number of hydrogen-bond acceptors (Lipinski definition) is 5. The number of nitrogens with zero attached hydrogens (tertiary/aromatic N) is 3. The number of sulfone groups is 1. The van der Waals surface area contributed by atoms with E-state index in [4.69, 9.17) is 0 Å². The van der Waals surface area contributed by atoms with E-state index in [1.807, 2.05) is 18.3 Å². The van der Waals surface area contributed by atoms with Crippen LogP contribution in [0.3, 0.4) is 0 Å². The van der Waals surface area contributed by atoms with Crippen molar-refractivity contribution in [3.8, 4) is 0 Å². The average Bonchev–Trinajstić information content (AvgIpc) is 2.98. The van der Waals surface area contributed by atoms with Crippen LogP contribution in [0.15, 0.2) is 35.6 Å². The third-order valence-electron chi connectivity index (χ3n) is 4.09. The lowest BCUT2D eigenvalue weighted by Crippen LogP contribution is -2.33. The molecular weight excluding hydrogens is 300 g/mol. The van der Waals surface area contributed by atoms with E-state index < -0.39 is 9.84 Å². The summed E-state index contributed by atoms with van der Waals surface area (Å²) in [7, 11) is -3.27. The summed E-state index contributed by atoms with van der Waals surface area (Å²) in [5.74, 6) is 0. The van der Waals surface area contributed by atoms with Gasteiger partial charge in [-0.25, -0.2) is 8.42 Å². The highest BCUT2D eigenvalue weighted by Gasteiger charge is 2.29. The molecule has 3 rings (SSSR count). The van der Waals surface area contributed by atoms with Crippen molar-refractivity contribution in [3.63, 3.8) is 0 Å². The van der Waals surface area contributed by atoms with E-state index in [9.17, 15) is 8.42 Å². The summed E-state index contributed by atoms with van der Waals surface area (Å²) in [4.78, 5) is 6.78. The molecule has 3 heterocycles. The maximum atomic E-state index is 11.9. The Hall–Kier alpha value is -1.73. The molecule has 0 aromatic carbocycles. The van der Waals surface area contributed by atoms with Crippen molar-refractivity contribution >= 4 is 9.84 Å². The molecule has 1 N–H and O–H groups in total. The lowest BCUT2D eigenvalue weighted by atomic mass is 9.99. The highest BCUT2D eigenvalue weighted by molar-refractivity contribution is 7.90. The van der Waals surface area contributed by atoms with Crippen molar-refractivity contribution in [2.75, 3.05) is 12.8 Å². The lowest BCUT2D eigenvalue weighted by Gasteiger charge is -2.35. The van der Waals surface area contributed by atoms with Gasteiger partial charge in [0.25, 0.3) is 0 Å². The van der Waals surface area contributed by atoms with Gasteiger partial charge in [-0.2, -0.15) is 5.10 Å². The molecule has 0 amide bonds. The highest BCUT2D eigenvalue weighted by Crippen LogP contribution is 2.34. The first-order valence-corrected chi connectivity index (χ1v) is 9.31. The molecule has 1 atom stereocenters. The van der Waals surface area contributed by atoms with Crippen LogP contribution in [0.25, 0.3) is 0 Å². The minimum absolute atomic E-state index is 0.0566. The van der Waals surface area contributed by atoms with E-state index in [0.29, 0.717) is 10.6 Å². The van der Waals surface area contributed by atoms with Crippen LogP contribution in [0.4, 0.5) is 0 Å². The molecule has 1 aliphatic rings. The Labute approximate surface area is 130 Å². The van der Waals surface area contributed by atoms with Gasteiger partial charge in [0.15, 0.2) is 9.84 Å². The first kappa shape index (κ1) is 15.2. The summed E-state index contributed by atoms with van der Waals surface area (Å²) in [6, 6.07) is 4.02. The molecule has 1 unspecified atom stereocenters. The van der Waals surface area contributed by atoms with Crippen LogP contribution in [0.2, 0.25) is 0 Å². The van der Waals surface area contributed by atoms with Gasteiger partial charge in [-0.3, -0.25) is 15.0 Å². The minimum Gasteiger partial charge on any atom is -0.290 e. The van der Waals surface area contributed by atoms with E-state index in [-0.39, 0.29) is 6.04 Å². The van der Waals surface area contributed by atoms with Crippen molar-refractivity contribution < 1.29 is 8.42 Å². The van der Waals surface area contributed by atoms with Gasteiger partial charge in [-0.1, -0.05) is 12.5 Å². The second-order valence-electron chi connectivity index (χ2n) is 5.76. The molecule has 2 aromatic rings. The van der Waals surface area contributed by atoms with E-state index >= 15 is 0 Å². The number of rotatable bonds is 4. The highest BCUT2D eigenvalue weighted by atomic mass is 32.2. The van der Waals surface area contributed by atoms with Crippen LogP contribution in [0, 0.1) is 0 Å². The molecule has 2 aromatic heterocycles. The van der Waals surface area contributed by atoms with Crippen LogP contribution in [0.5, 0.6) is 0 Å². The summed E-state index contributed by atoms with van der Waals surface area (Å²) in [5.41, 5.74) is 1.85. The van der Waals surface area contributed by atoms with Gasteiger partial charge in [0.05, 0.1) is 17.9 Å². The zero-order chi connectivity index (χ0) is 15.6. The maximum Gasteiger partial charge on any atom is 0.178 e. The Morgan fingerprint density at radius 2 is 2.23 bits per heavy atom. The Kier molecular flexibility index (Phi) is 4.26. The first-order valence-electron chi connectivity index (χ1n) is 7.42. The van der Waals surface area contributed by atoms with E-state index in [2.05, 4.69) is 20.1 Å². The number of H-pyrrole nitrogens is 1. The Morgan fingerprint density at radius 3 is 2.95 bits per heavy atom. The third kappa shape index (κ3) is 3.20. The Bertz CT molecular complexity index is 727. The van der Waals surface area contributed by atoms with Crippen molar-refractivity contribution in [1.29, 1.82) is 0 Å². The number of nitrogens with one attached hydrogen (secondary N) is 1. The smallest absolute Gasteiger partial charge is 0.178 e. The zero-order valence-corrected chi connectivity index (χ0v) is 13.4. The van der Waals surface area contributed by atoms with Gasteiger partial charge in [-0.15, -0.1) is 0 Å². The molecule has 22 heavy (non-hydrogen) atoms. The number of likely N-dealkylation sites (tertiary alicyclic amines) is 1. The van der Waals surface area contributed by atoms with Gasteiger partial charge < -0.3 is 0 Å². The van der Waals surface area contributed by atoms with Crippen molar-refractivity contribution in [3.05, 3.63) is 42.0 Å². The standard InChI is InChI=1S/C15H20N4O2S/c1-22(20,21)14-10-17-18-15(14)13-6-2-3-8-19(13)11-12-5-4-7-16-9-12/h4-5,7,9-10,13H,2-3,6,8,11H2,1H3,(H,17,18). The molecule has 1 aliphatic heterocycles. The fourth-order valence-electron chi connectivity index (χ4n) is 3.05. The number of hydrogen-bond donors (Lipinski definition) is 1. The van der Waals surface area contributed by atoms with E-state index in [1.54, 1.807) is 6.20 Å². The molecule has 0 bridgehead atoms. The monoisotopic (exact) mass is 320 g/mol. The summed E-state index contributed by atoms with van der Waals surface area (Å²) >= 11 is 0. The maximum absolute atomic E-state index is 11.9. The molecule has 0 radical (unpaired) electrons.